The Kier molecular flexibility index (Phi) is 6.77. The number of nitrogens with zero attached hydrogens (tertiary/aromatic N) is 3. The van der Waals surface area contributed by atoms with E-state index in [1.165, 1.54) is 11.3 Å². The summed E-state index contributed by atoms with van der Waals surface area (Å²) >= 11 is 1.45. The van der Waals surface area contributed by atoms with Gasteiger partial charge in [0.25, 0.3) is 0 Å². The van der Waals surface area contributed by atoms with Gasteiger partial charge in [-0.05, 0) is 12.8 Å². The van der Waals surface area contributed by atoms with Crippen LogP contribution in [0, 0.1) is 0 Å². The Balaban J connectivity index is 2.46. The molecule has 5 heteroatoms. The second kappa shape index (κ2) is 8.17. The lowest BCUT2D eigenvalue weighted by Gasteiger charge is -2.21. The molecule has 1 heterocycles. The Hall–Kier alpha value is -0.970. The summed E-state index contributed by atoms with van der Waals surface area (Å²) in [4.78, 5) is 14.1. The number of hydrogen-bond acceptors (Lipinski definition) is 4. The van der Waals surface area contributed by atoms with Gasteiger partial charge in [-0.25, -0.2) is 0 Å². The van der Waals surface area contributed by atoms with Crippen molar-refractivity contribution < 1.29 is 4.79 Å². The quantitative estimate of drug-likeness (QED) is 0.717. The highest BCUT2D eigenvalue weighted by Crippen LogP contribution is 2.07. The number of carbonyl (C=O) groups is 1. The average molecular weight is 255 g/mol. The molecule has 0 aromatic carbocycles. The Morgan fingerprint density at radius 3 is 2.41 bits per heavy atom. The van der Waals surface area contributed by atoms with Gasteiger partial charge in [-0.2, -0.15) is 0 Å². The fraction of sp³-hybridized carbons (Fsp3) is 0.750. The summed E-state index contributed by atoms with van der Waals surface area (Å²) in [5.41, 5.74) is 1.67. The van der Waals surface area contributed by atoms with E-state index < -0.39 is 0 Å². The lowest BCUT2D eigenvalue weighted by atomic mass is 10.2. The molecule has 0 saturated carbocycles. The molecule has 1 aromatic rings. The molecule has 0 aliphatic carbocycles. The standard InChI is InChI=1S/C12H21N3OS/c1-3-5-7-15(8-6-4-2)12(16)9-11-14-13-10-17-11/h10H,3-9H2,1-2H3. The Labute approximate surface area is 107 Å². The van der Waals surface area contributed by atoms with Crippen molar-refractivity contribution in [3.05, 3.63) is 10.5 Å². The predicted octanol–water partition coefficient (Wildman–Crippen LogP) is 2.51. The number of aromatic nitrogens is 2. The summed E-state index contributed by atoms with van der Waals surface area (Å²) in [6.07, 6.45) is 4.79. The maximum Gasteiger partial charge on any atom is 0.229 e. The fourth-order valence-corrected chi connectivity index (χ4v) is 2.09. The molecule has 1 amide bonds. The zero-order valence-electron chi connectivity index (χ0n) is 10.7. The fourth-order valence-electron chi connectivity index (χ4n) is 1.57. The van der Waals surface area contributed by atoms with Gasteiger partial charge in [-0.3, -0.25) is 4.79 Å². The molecule has 4 nitrogen and oxygen atoms in total. The van der Waals surface area contributed by atoms with Gasteiger partial charge >= 0.3 is 0 Å². The molecular formula is C12H21N3OS. The lowest BCUT2D eigenvalue weighted by molar-refractivity contribution is -0.130. The minimum atomic E-state index is 0.184. The predicted molar refractivity (Wildman–Crippen MR) is 70.0 cm³/mol. The molecule has 0 saturated heterocycles. The van der Waals surface area contributed by atoms with Gasteiger partial charge in [-0.1, -0.05) is 26.7 Å². The Morgan fingerprint density at radius 2 is 1.94 bits per heavy atom. The molecule has 0 bridgehead atoms. The highest BCUT2D eigenvalue weighted by atomic mass is 32.1. The molecule has 0 fully saturated rings. The highest BCUT2D eigenvalue weighted by molar-refractivity contribution is 7.09. The van der Waals surface area contributed by atoms with E-state index in [-0.39, 0.29) is 5.91 Å². The molecule has 0 aliphatic rings. The molecule has 17 heavy (non-hydrogen) atoms. The first kappa shape index (κ1) is 14.1. The summed E-state index contributed by atoms with van der Waals surface area (Å²) in [6, 6.07) is 0. The molecule has 0 unspecified atom stereocenters. The van der Waals surface area contributed by atoms with Crippen LogP contribution in [-0.2, 0) is 11.2 Å². The van der Waals surface area contributed by atoms with E-state index in [0.29, 0.717) is 6.42 Å². The van der Waals surface area contributed by atoms with Crippen molar-refractivity contribution in [2.75, 3.05) is 13.1 Å². The van der Waals surface area contributed by atoms with Crippen LogP contribution in [0.1, 0.15) is 44.5 Å². The summed E-state index contributed by atoms with van der Waals surface area (Å²) in [5.74, 6) is 0.184. The van der Waals surface area contributed by atoms with Gasteiger partial charge < -0.3 is 4.90 Å². The van der Waals surface area contributed by atoms with E-state index in [1.807, 2.05) is 4.90 Å². The molecule has 0 radical (unpaired) electrons. The minimum Gasteiger partial charge on any atom is -0.342 e. The third-order valence-electron chi connectivity index (χ3n) is 2.62. The van der Waals surface area contributed by atoms with Crippen LogP contribution in [0.5, 0.6) is 0 Å². The van der Waals surface area contributed by atoms with Crippen LogP contribution in [0.4, 0.5) is 0 Å². The van der Waals surface area contributed by atoms with Crippen molar-refractivity contribution in [1.82, 2.24) is 15.1 Å². The van der Waals surface area contributed by atoms with E-state index in [4.69, 9.17) is 0 Å². The van der Waals surface area contributed by atoms with E-state index in [1.54, 1.807) is 5.51 Å². The monoisotopic (exact) mass is 255 g/mol. The third kappa shape index (κ3) is 5.26. The summed E-state index contributed by atoms with van der Waals surface area (Å²) in [5, 5.41) is 8.49. The second-order valence-corrected chi connectivity index (χ2v) is 5.01. The third-order valence-corrected chi connectivity index (χ3v) is 3.32. The first-order valence-electron chi connectivity index (χ1n) is 6.30. The summed E-state index contributed by atoms with van der Waals surface area (Å²) in [6.45, 7) is 6.03. The van der Waals surface area contributed by atoms with Crippen LogP contribution in [0.3, 0.4) is 0 Å². The zero-order valence-corrected chi connectivity index (χ0v) is 11.5. The normalized spacial score (nSPS) is 10.5. The molecule has 1 aromatic heterocycles. The number of carbonyl (C=O) groups excluding carboxylic acids is 1. The van der Waals surface area contributed by atoms with Crippen molar-refractivity contribution >= 4 is 17.2 Å². The largest absolute Gasteiger partial charge is 0.342 e. The van der Waals surface area contributed by atoms with Crippen molar-refractivity contribution in [3.63, 3.8) is 0 Å². The maximum absolute atomic E-state index is 12.1. The maximum atomic E-state index is 12.1. The van der Waals surface area contributed by atoms with Crippen molar-refractivity contribution in [3.8, 4) is 0 Å². The van der Waals surface area contributed by atoms with Crippen LogP contribution in [0.25, 0.3) is 0 Å². The van der Waals surface area contributed by atoms with E-state index in [2.05, 4.69) is 24.0 Å². The van der Waals surface area contributed by atoms with E-state index >= 15 is 0 Å². The molecule has 0 aliphatic heterocycles. The Bertz CT molecular complexity index is 306. The average Bonchev–Trinajstić information content (AvgIpc) is 2.82. The topological polar surface area (TPSA) is 46.1 Å². The number of unbranched alkanes of at least 4 members (excludes halogenated alkanes) is 2. The van der Waals surface area contributed by atoms with Gasteiger partial charge in [0.15, 0.2) is 0 Å². The summed E-state index contributed by atoms with van der Waals surface area (Å²) < 4.78 is 0. The van der Waals surface area contributed by atoms with Crippen LogP contribution in [-0.4, -0.2) is 34.1 Å². The highest BCUT2D eigenvalue weighted by Gasteiger charge is 2.14. The lowest BCUT2D eigenvalue weighted by Crippen LogP contribution is -2.34. The molecule has 1 rings (SSSR count). The molecule has 0 spiro atoms. The van der Waals surface area contributed by atoms with Crippen molar-refractivity contribution in [2.45, 2.75) is 46.0 Å². The van der Waals surface area contributed by atoms with Gasteiger partial charge in [0.05, 0.1) is 6.42 Å². The second-order valence-electron chi connectivity index (χ2n) is 4.10. The summed E-state index contributed by atoms with van der Waals surface area (Å²) in [7, 11) is 0. The SMILES string of the molecule is CCCCN(CCCC)C(=O)Cc1nncs1. The Morgan fingerprint density at radius 1 is 1.29 bits per heavy atom. The van der Waals surface area contributed by atoms with Crippen molar-refractivity contribution in [1.29, 1.82) is 0 Å². The number of amides is 1. The van der Waals surface area contributed by atoms with E-state index in [9.17, 15) is 4.79 Å². The van der Waals surface area contributed by atoms with Crippen LogP contribution in [0.15, 0.2) is 5.51 Å². The van der Waals surface area contributed by atoms with Crippen LogP contribution in [0.2, 0.25) is 0 Å². The van der Waals surface area contributed by atoms with Crippen LogP contribution < -0.4 is 0 Å². The zero-order chi connectivity index (χ0) is 12.5. The van der Waals surface area contributed by atoms with E-state index in [0.717, 1.165) is 43.8 Å². The van der Waals surface area contributed by atoms with Gasteiger partial charge in [0, 0.05) is 13.1 Å². The molecule has 0 N–H and O–H groups in total. The van der Waals surface area contributed by atoms with Crippen molar-refractivity contribution in [2.24, 2.45) is 0 Å². The first-order chi connectivity index (χ1) is 8.27. The number of rotatable bonds is 8. The van der Waals surface area contributed by atoms with Crippen LogP contribution >= 0.6 is 11.3 Å². The molecule has 96 valence electrons. The van der Waals surface area contributed by atoms with Gasteiger partial charge in [0.1, 0.15) is 10.5 Å². The first-order valence-corrected chi connectivity index (χ1v) is 7.18. The molecular weight excluding hydrogens is 234 g/mol. The van der Waals surface area contributed by atoms with Gasteiger partial charge in [0.2, 0.25) is 5.91 Å². The molecule has 0 atom stereocenters. The number of hydrogen-bond donors (Lipinski definition) is 0. The van der Waals surface area contributed by atoms with Gasteiger partial charge in [-0.15, -0.1) is 21.5 Å². The minimum absolute atomic E-state index is 0.184. The smallest absolute Gasteiger partial charge is 0.229 e.